The molecule has 0 unspecified atom stereocenters. The number of carbonyl (C=O) groups is 1. The molecule has 1 aromatic rings. The molecule has 1 N–H and O–H groups in total. The van der Waals surface area contributed by atoms with Crippen LogP contribution in [0.15, 0.2) is 18.2 Å². The molecule has 0 aliphatic heterocycles. The largest absolute Gasteiger partial charge is 0.487 e. The first kappa shape index (κ1) is 12.2. The van der Waals surface area contributed by atoms with Crippen LogP contribution in [0.1, 0.15) is 31.2 Å². The highest BCUT2D eigenvalue weighted by Gasteiger charge is 2.41. The van der Waals surface area contributed by atoms with Gasteiger partial charge in [0.05, 0.1) is 6.42 Å². The lowest BCUT2D eigenvalue weighted by atomic mass is 9.77. The molecular formula is C13H15ClO3. The Hall–Kier alpha value is -1.22. The van der Waals surface area contributed by atoms with Crippen LogP contribution in [-0.4, -0.2) is 16.7 Å². The minimum Gasteiger partial charge on any atom is -0.487 e. The van der Waals surface area contributed by atoms with Crippen molar-refractivity contribution < 1.29 is 14.6 Å². The van der Waals surface area contributed by atoms with Gasteiger partial charge in [0, 0.05) is 5.02 Å². The van der Waals surface area contributed by atoms with Gasteiger partial charge in [-0.25, -0.2) is 0 Å². The Labute approximate surface area is 105 Å². The average Bonchev–Trinajstić information content (AvgIpc) is 2.19. The van der Waals surface area contributed by atoms with E-state index in [-0.39, 0.29) is 6.42 Å². The molecule has 1 aliphatic rings. The third-order valence-corrected chi connectivity index (χ3v) is 3.63. The summed E-state index contributed by atoms with van der Waals surface area (Å²) in [6.07, 6.45) is 2.70. The molecule has 92 valence electrons. The van der Waals surface area contributed by atoms with Gasteiger partial charge < -0.3 is 9.84 Å². The predicted octanol–water partition coefficient (Wildman–Crippen LogP) is 3.42. The van der Waals surface area contributed by atoms with Crippen LogP contribution in [0.5, 0.6) is 5.75 Å². The number of hydrogen-bond donors (Lipinski definition) is 1. The highest BCUT2D eigenvalue weighted by atomic mass is 35.5. The Kier molecular flexibility index (Phi) is 3.29. The molecule has 1 aromatic carbocycles. The monoisotopic (exact) mass is 254 g/mol. The van der Waals surface area contributed by atoms with Gasteiger partial charge in [0.2, 0.25) is 0 Å². The summed E-state index contributed by atoms with van der Waals surface area (Å²) in [7, 11) is 0. The Bertz CT molecular complexity index is 438. The molecule has 1 saturated carbocycles. The van der Waals surface area contributed by atoms with Gasteiger partial charge in [-0.1, -0.05) is 11.6 Å². The molecule has 1 aliphatic carbocycles. The molecule has 2 rings (SSSR count). The minimum atomic E-state index is -0.810. The number of benzene rings is 1. The quantitative estimate of drug-likeness (QED) is 0.896. The van der Waals surface area contributed by atoms with Crippen LogP contribution in [0.4, 0.5) is 0 Å². The van der Waals surface area contributed by atoms with E-state index in [1.54, 1.807) is 12.1 Å². The van der Waals surface area contributed by atoms with Gasteiger partial charge in [0.15, 0.2) is 0 Å². The van der Waals surface area contributed by atoms with Gasteiger partial charge >= 0.3 is 5.97 Å². The lowest BCUT2D eigenvalue weighted by molar-refractivity contribution is -0.144. The lowest BCUT2D eigenvalue weighted by Crippen LogP contribution is -2.45. The summed E-state index contributed by atoms with van der Waals surface area (Å²) >= 11 is 5.93. The molecule has 17 heavy (non-hydrogen) atoms. The van der Waals surface area contributed by atoms with Crippen LogP contribution < -0.4 is 4.74 Å². The highest BCUT2D eigenvalue weighted by molar-refractivity contribution is 6.31. The zero-order valence-corrected chi connectivity index (χ0v) is 10.5. The summed E-state index contributed by atoms with van der Waals surface area (Å²) in [5.41, 5.74) is 0.431. The van der Waals surface area contributed by atoms with Crippen LogP contribution in [-0.2, 0) is 4.79 Å². The second kappa shape index (κ2) is 4.57. The fourth-order valence-corrected chi connectivity index (χ4v) is 2.21. The summed E-state index contributed by atoms with van der Waals surface area (Å²) in [5.74, 6) is -0.108. The first-order valence-corrected chi connectivity index (χ1v) is 6.06. The third-order valence-electron chi connectivity index (χ3n) is 3.20. The molecule has 4 heteroatoms. The maximum Gasteiger partial charge on any atom is 0.307 e. The van der Waals surface area contributed by atoms with Crippen molar-refractivity contribution >= 4 is 17.6 Å². The van der Waals surface area contributed by atoms with Crippen molar-refractivity contribution in [2.24, 2.45) is 0 Å². The summed E-state index contributed by atoms with van der Waals surface area (Å²) in [4.78, 5) is 10.8. The van der Waals surface area contributed by atoms with Crippen LogP contribution in [0.2, 0.25) is 5.02 Å². The van der Waals surface area contributed by atoms with Gasteiger partial charge in [0.25, 0.3) is 0 Å². The number of rotatable bonds is 4. The van der Waals surface area contributed by atoms with Gasteiger partial charge in [-0.15, -0.1) is 0 Å². The molecule has 0 bridgehead atoms. The second-order valence-corrected chi connectivity index (χ2v) is 5.03. The standard InChI is InChI=1S/C13H15ClO3/c1-9-7-10(3-4-11(9)14)17-13(5-2-6-13)8-12(15)16/h3-4,7H,2,5-6,8H2,1H3,(H,15,16). The number of aliphatic carboxylic acids is 1. The first-order chi connectivity index (χ1) is 8.01. The fraction of sp³-hybridized carbons (Fsp3) is 0.462. The van der Waals surface area contributed by atoms with E-state index in [4.69, 9.17) is 21.4 Å². The molecule has 0 atom stereocenters. The minimum absolute atomic E-state index is 0.0642. The van der Waals surface area contributed by atoms with Gasteiger partial charge in [-0.05, 0) is 49.9 Å². The Balaban J connectivity index is 2.13. The van der Waals surface area contributed by atoms with Crippen molar-refractivity contribution in [2.45, 2.75) is 38.2 Å². The van der Waals surface area contributed by atoms with Gasteiger partial charge in [-0.3, -0.25) is 4.79 Å². The van der Waals surface area contributed by atoms with Crippen LogP contribution in [0, 0.1) is 6.92 Å². The normalized spacial score (nSPS) is 17.3. The van der Waals surface area contributed by atoms with E-state index in [9.17, 15) is 4.79 Å². The number of carboxylic acid groups (broad SMARTS) is 1. The average molecular weight is 255 g/mol. The summed E-state index contributed by atoms with van der Waals surface area (Å²) < 4.78 is 5.85. The number of hydrogen-bond acceptors (Lipinski definition) is 2. The molecule has 0 amide bonds. The van der Waals surface area contributed by atoms with E-state index in [0.29, 0.717) is 10.8 Å². The molecule has 3 nitrogen and oxygen atoms in total. The second-order valence-electron chi connectivity index (χ2n) is 4.62. The van der Waals surface area contributed by atoms with Crippen molar-refractivity contribution in [3.8, 4) is 5.75 Å². The predicted molar refractivity (Wildman–Crippen MR) is 65.7 cm³/mol. The molecule has 0 heterocycles. The van der Waals surface area contributed by atoms with E-state index in [1.807, 2.05) is 13.0 Å². The van der Waals surface area contributed by atoms with Gasteiger partial charge in [0.1, 0.15) is 11.4 Å². The molecule has 0 spiro atoms. The Morgan fingerprint density at radius 3 is 2.71 bits per heavy atom. The maximum absolute atomic E-state index is 10.8. The SMILES string of the molecule is Cc1cc(OC2(CC(=O)O)CCC2)ccc1Cl. The van der Waals surface area contributed by atoms with Crippen molar-refractivity contribution in [2.75, 3.05) is 0 Å². The van der Waals surface area contributed by atoms with E-state index >= 15 is 0 Å². The summed E-state index contributed by atoms with van der Waals surface area (Å²) in [5, 5.41) is 9.58. The number of halogens is 1. The fourth-order valence-electron chi connectivity index (χ4n) is 2.09. The van der Waals surface area contributed by atoms with Crippen LogP contribution in [0.25, 0.3) is 0 Å². The zero-order valence-electron chi connectivity index (χ0n) is 9.70. The Morgan fingerprint density at radius 2 is 2.24 bits per heavy atom. The number of aryl methyl sites for hydroxylation is 1. The zero-order chi connectivity index (χ0) is 12.5. The molecule has 0 aromatic heterocycles. The van der Waals surface area contributed by atoms with E-state index in [1.165, 1.54) is 0 Å². The molecule has 0 saturated heterocycles. The number of ether oxygens (including phenoxy) is 1. The van der Waals surface area contributed by atoms with Crippen molar-refractivity contribution in [3.63, 3.8) is 0 Å². The summed E-state index contributed by atoms with van der Waals surface area (Å²) in [6.45, 7) is 1.90. The maximum atomic E-state index is 10.8. The first-order valence-electron chi connectivity index (χ1n) is 5.68. The molecular weight excluding hydrogens is 240 g/mol. The Morgan fingerprint density at radius 1 is 1.53 bits per heavy atom. The molecule has 1 fully saturated rings. The van der Waals surface area contributed by atoms with Crippen molar-refractivity contribution in [1.29, 1.82) is 0 Å². The van der Waals surface area contributed by atoms with E-state index < -0.39 is 11.6 Å². The van der Waals surface area contributed by atoms with E-state index in [0.717, 1.165) is 24.8 Å². The number of carboxylic acids is 1. The van der Waals surface area contributed by atoms with Crippen LogP contribution >= 0.6 is 11.6 Å². The van der Waals surface area contributed by atoms with E-state index in [2.05, 4.69) is 0 Å². The smallest absolute Gasteiger partial charge is 0.307 e. The van der Waals surface area contributed by atoms with Crippen molar-refractivity contribution in [3.05, 3.63) is 28.8 Å². The lowest BCUT2D eigenvalue weighted by Gasteiger charge is -2.40. The van der Waals surface area contributed by atoms with Crippen molar-refractivity contribution in [1.82, 2.24) is 0 Å². The highest BCUT2D eigenvalue weighted by Crippen LogP contribution is 2.39. The molecule has 0 radical (unpaired) electrons. The van der Waals surface area contributed by atoms with Gasteiger partial charge in [-0.2, -0.15) is 0 Å². The summed E-state index contributed by atoms with van der Waals surface area (Å²) in [6, 6.07) is 5.42. The third kappa shape index (κ3) is 2.72. The van der Waals surface area contributed by atoms with Crippen LogP contribution in [0.3, 0.4) is 0 Å². The topological polar surface area (TPSA) is 46.5 Å².